The molecule has 1 aromatic carbocycles. The molecule has 0 bridgehead atoms. The minimum absolute atomic E-state index is 0.641. The molecule has 0 spiro atoms. The Hall–Kier alpha value is -1.02. The number of para-hydroxylation sites is 1. The summed E-state index contributed by atoms with van der Waals surface area (Å²) in [7, 11) is 2.15. The Kier molecular flexibility index (Phi) is 5.94. The fourth-order valence-corrected chi connectivity index (χ4v) is 1.62. The molecule has 0 heterocycles. The van der Waals surface area contributed by atoms with Crippen molar-refractivity contribution in [2.75, 3.05) is 25.0 Å². The van der Waals surface area contributed by atoms with E-state index in [1.54, 1.807) is 0 Å². The van der Waals surface area contributed by atoms with Crippen LogP contribution in [0.15, 0.2) is 30.3 Å². The fourth-order valence-electron chi connectivity index (χ4n) is 1.62. The van der Waals surface area contributed by atoms with Crippen LogP contribution in [-0.2, 0) is 0 Å². The Balaban J connectivity index is 2.18. The van der Waals surface area contributed by atoms with Crippen molar-refractivity contribution in [3.05, 3.63) is 30.3 Å². The minimum Gasteiger partial charge on any atom is -0.375 e. The SMILES string of the molecule is CCC(C)NCCCN(C)c1ccccc1. The second kappa shape index (κ2) is 7.29. The molecule has 2 heteroatoms. The maximum absolute atomic E-state index is 3.51. The first kappa shape index (κ1) is 13.0. The van der Waals surface area contributed by atoms with Crippen LogP contribution in [0.2, 0.25) is 0 Å². The lowest BCUT2D eigenvalue weighted by Gasteiger charge is -2.20. The first-order valence-electron chi connectivity index (χ1n) is 6.23. The largest absolute Gasteiger partial charge is 0.375 e. The lowest BCUT2D eigenvalue weighted by Crippen LogP contribution is -2.29. The highest BCUT2D eigenvalue weighted by molar-refractivity contribution is 5.44. The molecule has 0 aliphatic carbocycles. The zero-order chi connectivity index (χ0) is 11.8. The van der Waals surface area contributed by atoms with E-state index in [0.29, 0.717) is 6.04 Å². The van der Waals surface area contributed by atoms with Gasteiger partial charge in [-0.2, -0.15) is 0 Å². The van der Waals surface area contributed by atoms with Gasteiger partial charge in [0.05, 0.1) is 0 Å². The Morgan fingerprint density at radius 2 is 1.94 bits per heavy atom. The number of hydrogen-bond acceptors (Lipinski definition) is 2. The average Bonchev–Trinajstić information content (AvgIpc) is 2.35. The molecular weight excluding hydrogens is 196 g/mol. The Labute approximate surface area is 99.7 Å². The normalized spacial score (nSPS) is 12.4. The number of anilines is 1. The summed E-state index contributed by atoms with van der Waals surface area (Å²) < 4.78 is 0. The van der Waals surface area contributed by atoms with E-state index in [9.17, 15) is 0 Å². The Morgan fingerprint density at radius 1 is 1.25 bits per heavy atom. The Bertz CT molecular complexity index is 271. The third-order valence-electron chi connectivity index (χ3n) is 2.97. The van der Waals surface area contributed by atoms with Gasteiger partial charge in [-0.25, -0.2) is 0 Å². The van der Waals surface area contributed by atoms with Crippen LogP contribution >= 0.6 is 0 Å². The molecule has 2 nitrogen and oxygen atoms in total. The molecule has 1 aromatic rings. The topological polar surface area (TPSA) is 15.3 Å². The predicted molar refractivity (Wildman–Crippen MR) is 72.1 cm³/mol. The van der Waals surface area contributed by atoms with E-state index in [2.05, 4.69) is 61.4 Å². The maximum Gasteiger partial charge on any atom is 0.0363 e. The van der Waals surface area contributed by atoms with Crippen LogP contribution < -0.4 is 10.2 Å². The number of rotatable bonds is 7. The molecule has 1 unspecified atom stereocenters. The summed E-state index contributed by atoms with van der Waals surface area (Å²) >= 11 is 0. The van der Waals surface area contributed by atoms with Crippen molar-refractivity contribution in [1.29, 1.82) is 0 Å². The summed E-state index contributed by atoms with van der Waals surface area (Å²) in [5.41, 5.74) is 1.30. The van der Waals surface area contributed by atoms with Crippen molar-refractivity contribution in [1.82, 2.24) is 5.32 Å². The van der Waals surface area contributed by atoms with Crippen molar-refractivity contribution in [3.63, 3.8) is 0 Å². The lowest BCUT2D eigenvalue weighted by molar-refractivity contribution is 0.524. The summed E-state index contributed by atoms with van der Waals surface area (Å²) in [6, 6.07) is 11.2. The van der Waals surface area contributed by atoms with Crippen LogP contribution in [0.1, 0.15) is 26.7 Å². The van der Waals surface area contributed by atoms with Crippen molar-refractivity contribution in [2.45, 2.75) is 32.7 Å². The highest BCUT2D eigenvalue weighted by Crippen LogP contribution is 2.10. The second-order valence-corrected chi connectivity index (χ2v) is 4.37. The standard InChI is InChI=1S/C14H24N2/c1-4-13(2)15-11-8-12-16(3)14-9-6-5-7-10-14/h5-7,9-10,13,15H,4,8,11-12H2,1-3H3. The van der Waals surface area contributed by atoms with Gasteiger partial charge < -0.3 is 10.2 Å². The van der Waals surface area contributed by atoms with E-state index >= 15 is 0 Å². The monoisotopic (exact) mass is 220 g/mol. The van der Waals surface area contributed by atoms with Crippen molar-refractivity contribution >= 4 is 5.69 Å². The molecule has 1 N–H and O–H groups in total. The predicted octanol–water partition coefficient (Wildman–Crippen LogP) is 2.90. The summed E-state index contributed by atoms with van der Waals surface area (Å²) in [6.07, 6.45) is 2.39. The highest BCUT2D eigenvalue weighted by atomic mass is 15.1. The quantitative estimate of drug-likeness (QED) is 0.711. The van der Waals surface area contributed by atoms with Gasteiger partial charge in [-0.15, -0.1) is 0 Å². The van der Waals surface area contributed by atoms with Crippen LogP contribution in [0.25, 0.3) is 0 Å². The van der Waals surface area contributed by atoms with Gasteiger partial charge in [0, 0.05) is 25.3 Å². The van der Waals surface area contributed by atoms with Gasteiger partial charge in [-0.05, 0) is 38.4 Å². The molecule has 1 rings (SSSR count). The summed E-state index contributed by atoms with van der Waals surface area (Å²) in [4.78, 5) is 2.30. The van der Waals surface area contributed by atoms with E-state index in [1.165, 1.54) is 18.5 Å². The molecule has 16 heavy (non-hydrogen) atoms. The van der Waals surface area contributed by atoms with Gasteiger partial charge in [-0.1, -0.05) is 25.1 Å². The molecule has 0 amide bonds. The van der Waals surface area contributed by atoms with E-state index in [-0.39, 0.29) is 0 Å². The van der Waals surface area contributed by atoms with Gasteiger partial charge in [0.2, 0.25) is 0 Å². The zero-order valence-corrected chi connectivity index (χ0v) is 10.7. The van der Waals surface area contributed by atoms with Gasteiger partial charge in [-0.3, -0.25) is 0 Å². The number of benzene rings is 1. The number of nitrogens with zero attached hydrogens (tertiary/aromatic N) is 1. The van der Waals surface area contributed by atoms with E-state index in [1.807, 2.05) is 0 Å². The van der Waals surface area contributed by atoms with Crippen molar-refractivity contribution in [3.8, 4) is 0 Å². The fraction of sp³-hybridized carbons (Fsp3) is 0.571. The molecular formula is C14H24N2. The van der Waals surface area contributed by atoms with Crippen LogP contribution in [0.5, 0.6) is 0 Å². The van der Waals surface area contributed by atoms with E-state index < -0.39 is 0 Å². The molecule has 1 atom stereocenters. The van der Waals surface area contributed by atoms with Crippen molar-refractivity contribution < 1.29 is 0 Å². The first-order valence-corrected chi connectivity index (χ1v) is 6.23. The van der Waals surface area contributed by atoms with Gasteiger partial charge >= 0.3 is 0 Å². The van der Waals surface area contributed by atoms with Crippen LogP contribution in [-0.4, -0.2) is 26.2 Å². The molecule has 90 valence electrons. The van der Waals surface area contributed by atoms with Crippen LogP contribution in [0.4, 0.5) is 5.69 Å². The molecule has 0 saturated carbocycles. The summed E-state index contributed by atoms with van der Waals surface area (Å²) in [6.45, 7) is 6.66. The molecule has 0 aliphatic heterocycles. The van der Waals surface area contributed by atoms with Crippen LogP contribution in [0, 0.1) is 0 Å². The molecule has 0 aliphatic rings. The average molecular weight is 220 g/mol. The van der Waals surface area contributed by atoms with Gasteiger partial charge in [0.25, 0.3) is 0 Å². The molecule has 0 saturated heterocycles. The second-order valence-electron chi connectivity index (χ2n) is 4.37. The molecule has 0 fully saturated rings. The number of nitrogens with one attached hydrogen (secondary N) is 1. The highest BCUT2D eigenvalue weighted by Gasteiger charge is 2.00. The van der Waals surface area contributed by atoms with Gasteiger partial charge in [0.15, 0.2) is 0 Å². The third-order valence-corrected chi connectivity index (χ3v) is 2.97. The maximum atomic E-state index is 3.51. The summed E-state index contributed by atoms with van der Waals surface area (Å²) in [5.74, 6) is 0. The molecule has 0 aromatic heterocycles. The minimum atomic E-state index is 0.641. The zero-order valence-electron chi connectivity index (χ0n) is 10.7. The lowest BCUT2D eigenvalue weighted by atomic mass is 10.2. The third kappa shape index (κ3) is 4.67. The van der Waals surface area contributed by atoms with Crippen LogP contribution in [0.3, 0.4) is 0 Å². The van der Waals surface area contributed by atoms with E-state index in [0.717, 1.165) is 13.1 Å². The van der Waals surface area contributed by atoms with Gasteiger partial charge in [0.1, 0.15) is 0 Å². The number of hydrogen-bond donors (Lipinski definition) is 1. The Morgan fingerprint density at radius 3 is 2.56 bits per heavy atom. The smallest absolute Gasteiger partial charge is 0.0363 e. The first-order chi connectivity index (χ1) is 7.74. The van der Waals surface area contributed by atoms with E-state index in [4.69, 9.17) is 0 Å². The summed E-state index contributed by atoms with van der Waals surface area (Å²) in [5, 5.41) is 3.51. The molecule has 0 radical (unpaired) electrons. The van der Waals surface area contributed by atoms with Crippen molar-refractivity contribution in [2.24, 2.45) is 0 Å².